The molecule has 1 aromatic carbocycles. The van der Waals surface area contributed by atoms with E-state index >= 15 is 0 Å². The summed E-state index contributed by atoms with van der Waals surface area (Å²) in [5, 5.41) is 10.6. The van der Waals surface area contributed by atoms with E-state index in [2.05, 4.69) is 20.9 Å². The summed E-state index contributed by atoms with van der Waals surface area (Å²) in [4.78, 5) is 14.6. The first-order valence-corrected chi connectivity index (χ1v) is 5.72. The summed E-state index contributed by atoms with van der Waals surface area (Å²) >= 11 is 15.2. The maximum Gasteiger partial charge on any atom is 0.354 e. The number of aromatic nitrogens is 1. The van der Waals surface area contributed by atoms with Crippen molar-refractivity contribution in [3.63, 3.8) is 0 Å². The van der Waals surface area contributed by atoms with Crippen molar-refractivity contribution in [1.29, 1.82) is 0 Å². The average molecular weight is 321 g/mol. The van der Waals surface area contributed by atoms with Crippen LogP contribution < -0.4 is 0 Å². The molecule has 0 aliphatic carbocycles. The standard InChI is InChI=1S/C10H4BrCl2NO2/c11-4-1-6-5(7(12)2-4)3-8(10(15)16)14-9(6)13/h1-3H,(H,15,16). The van der Waals surface area contributed by atoms with Crippen LogP contribution in [0.5, 0.6) is 0 Å². The van der Waals surface area contributed by atoms with Gasteiger partial charge in [0.05, 0.1) is 0 Å². The number of hydrogen-bond acceptors (Lipinski definition) is 2. The van der Waals surface area contributed by atoms with E-state index in [1.807, 2.05) is 0 Å². The van der Waals surface area contributed by atoms with Crippen LogP contribution in [0.25, 0.3) is 10.8 Å². The first-order chi connectivity index (χ1) is 7.49. The van der Waals surface area contributed by atoms with Crippen LogP contribution in [0.15, 0.2) is 22.7 Å². The molecule has 0 saturated carbocycles. The van der Waals surface area contributed by atoms with E-state index in [0.29, 0.717) is 15.8 Å². The second kappa shape index (κ2) is 4.20. The molecule has 1 N–H and O–H groups in total. The molecule has 0 unspecified atom stereocenters. The molecule has 0 saturated heterocycles. The molecule has 0 radical (unpaired) electrons. The number of aromatic carboxylic acids is 1. The Kier molecular flexibility index (Phi) is 3.06. The zero-order valence-electron chi connectivity index (χ0n) is 7.67. The third kappa shape index (κ3) is 2.00. The predicted octanol–water partition coefficient (Wildman–Crippen LogP) is 4.00. The molecular weight excluding hydrogens is 317 g/mol. The lowest BCUT2D eigenvalue weighted by molar-refractivity contribution is 0.0691. The summed E-state index contributed by atoms with van der Waals surface area (Å²) in [6.45, 7) is 0. The highest BCUT2D eigenvalue weighted by Crippen LogP contribution is 2.32. The molecule has 0 bridgehead atoms. The van der Waals surface area contributed by atoms with Gasteiger partial charge >= 0.3 is 5.97 Å². The van der Waals surface area contributed by atoms with Gasteiger partial charge in [-0.3, -0.25) is 0 Å². The van der Waals surface area contributed by atoms with Gasteiger partial charge in [-0.15, -0.1) is 0 Å². The summed E-state index contributed by atoms with van der Waals surface area (Å²) in [5.41, 5.74) is -0.123. The van der Waals surface area contributed by atoms with Crippen LogP contribution in [0.4, 0.5) is 0 Å². The summed E-state index contributed by atoms with van der Waals surface area (Å²) in [5.74, 6) is -1.14. The average Bonchev–Trinajstić information content (AvgIpc) is 2.19. The minimum absolute atomic E-state index is 0.123. The van der Waals surface area contributed by atoms with Crippen LogP contribution in [0.2, 0.25) is 10.2 Å². The molecule has 0 aliphatic rings. The molecule has 16 heavy (non-hydrogen) atoms. The SMILES string of the molecule is O=C(O)c1cc2c(Cl)cc(Br)cc2c(Cl)n1. The number of nitrogens with zero attached hydrogens (tertiary/aromatic N) is 1. The number of carboxylic acids is 1. The lowest BCUT2D eigenvalue weighted by atomic mass is 10.1. The Balaban J connectivity index is 2.87. The Morgan fingerprint density at radius 1 is 1.25 bits per heavy atom. The normalized spacial score (nSPS) is 10.7. The fourth-order valence-corrected chi connectivity index (χ4v) is 2.46. The Hall–Kier alpha value is -0.840. The predicted molar refractivity (Wildman–Crippen MR) is 66.4 cm³/mol. The molecule has 0 fully saturated rings. The van der Waals surface area contributed by atoms with Crippen molar-refractivity contribution in [2.24, 2.45) is 0 Å². The highest BCUT2D eigenvalue weighted by molar-refractivity contribution is 9.10. The number of benzene rings is 1. The van der Waals surface area contributed by atoms with Crippen LogP contribution in [0, 0.1) is 0 Å². The molecule has 0 amide bonds. The van der Waals surface area contributed by atoms with Crippen molar-refractivity contribution in [3.05, 3.63) is 38.5 Å². The summed E-state index contributed by atoms with van der Waals surface area (Å²) in [6, 6.07) is 4.81. The van der Waals surface area contributed by atoms with E-state index in [-0.39, 0.29) is 10.8 Å². The molecule has 3 nitrogen and oxygen atoms in total. The topological polar surface area (TPSA) is 50.2 Å². The quantitative estimate of drug-likeness (QED) is 0.808. The monoisotopic (exact) mass is 319 g/mol. The molecule has 0 atom stereocenters. The van der Waals surface area contributed by atoms with Crippen molar-refractivity contribution >= 4 is 55.9 Å². The molecule has 0 aliphatic heterocycles. The van der Waals surface area contributed by atoms with E-state index < -0.39 is 5.97 Å². The highest BCUT2D eigenvalue weighted by atomic mass is 79.9. The molecule has 6 heteroatoms. The maximum atomic E-state index is 10.8. The molecule has 0 spiro atoms. The fraction of sp³-hybridized carbons (Fsp3) is 0. The largest absolute Gasteiger partial charge is 0.477 e. The molecular formula is C10H4BrCl2NO2. The van der Waals surface area contributed by atoms with Gasteiger partial charge < -0.3 is 5.11 Å². The smallest absolute Gasteiger partial charge is 0.354 e. The Morgan fingerprint density at radius 3 is 2.56 bits per heavy atom. The van der Waals surface area contributed by atoms with Crippen molar-refractivity contribution in [3.8, 4) is 0 Å². The third-order valence-corrected chi connectivity index (χ3v) is 3.09. The number of pyridine rings is 1. The van der Waals surface area contributed by atoms with E-state index in [9.17, 15) is 4.79 Å². The molecule has 1 aromatic heterocycles. The van der Waals surface area contributed by atoms with Gasteiger partial charge in [-0.25, -0.2) is 9.78 Å². The Morgan fingerprint density at radius 2 is 1.94 bits per heavy atom. The highest BCUT2D eigenvalue weighted by Gasteiger charge is 2.12. The van der Waals surface area contributed by atoms with Crippen molar-refractivity contribution in [2.45, 2.75) is 0 Å². The second-order valence-electron chi connectivity index (χ2n) is 3.09. The lowest BCUT2D eigenvalue weighted by Gasteiger charge is -2.05. The van der Waals surface area contributed by atoms with Crippen LogP contribution in [-0.4, -0.2) is 16.1 Å². The third-order valence-electron chi connectivity index (χ3n) is 2.04. The van der Waals surface area contributed by atoms with Crippen LogP contribution >= 0.6 is 39.1 Å². The minimum atomic E-state index is -1.14. The van der Waals surface area contributed by atoms with Crippen LogP contribution in [0.1, 0.15) is 10.5 Å². The zero-order valence-corrected chi connectivity index (χ0v) is 10.8. The Labute approximate surface area is 109 Å². The number of hydrogen-bond donors (Lipinski definition) is 1. The molecule has 82 valence electrons. The first-order valence-electron chi connectivity index (χ1n) is 4.17. The van der Waals surface area contributed by atoms with Gasteiger partial charge in [0.25, 0.3) is 0 Å². The van der Waals surface area contributed by atoms with Gasteiger partial charge in [0.15, 0.2) is 5.69 Å². The van der Waals surface area contributed by atoms with Crippen molar-refractivity contribution in [1.82, 2.24) is 4.98 Å². The fourth-order valence-electron chi connectivity index (χ4n) is 1.35. The summed E-state index contributed by atoms with van der Waals surface area (Å²) < 4.78 is 0.761. The minimum Gasteiger partial charge on any atom is -0.477 e. The van der Waals surface area contributed by atoms with Crippen LogP contribution in [-0.2, 0) is 0 Å². The van der Waals surface area contributed by atoms with Crippen LogP contribution in [0.3, 0.4) is 0 Å². The Bertz CT molecular complexity index is 601. The molecule has 2 aromatic rings. The molecule has 2 rings (SSSR count). The number of rotatable bonds is 1. The van der Waals surface area contributed by atoms with Gasteiger partial charge in [0.1, 0.15) is 5.15 Å². The van der Waals surface area contributed by atoms with Gasteiger partial charge in [0.2, 0.25) is 0 Å². The second-order valence-corrected chi connectivity index (χ2v) is 4.77. The number of carbonyl (C=O) groups is 1. The first kappa shape index (κ1) is 11.6. The van der Waals surface area contributed by atoms with Gasteiger partial charge in [-0.2, -0.15) is 0 Å². The molecule has 1 heterocycles. The van der Waals surface area contributed by atoms with Gasteiger partial charge in [0, 0.05) is 20.3 Å². The summed E-state index contributed by atoms with van der Waals surface area (Å²) in [7, 11) is 0. The van der Waals surface area contributed by atoms with Gasteiger partial charge in [-0.05, 0) is 18.2 Å². The summed E-state index contributed by atoms with van der Waals surface area (Å²) in [6.07, 6.45) is 0. The van der Waals surface area contributed by atoms with E-state index in [1.54, 1.807) is 12.1 Å². The number of fused-ring (bicyclic) bond motifs is 1. The van der Waals surface area contributed by atoms with Crippen molar-refractivity contribution < 1.29 is 9.90 Å². The zero-order chi connectivity index (χ0) is 11.9. The van der Waals surface area contributed by atoms with E-state index in [0.717, 1.165) is 4.47 Å². The van der Waals surface area contributed by atoms with E-state index in [4.69, 9.17) is 28.3 Å². The number of carboxylic acid groups (broad SMARTS) is 1. The van der Waals surface area contributed by atoms with Crippen molar-refractivity contribution in [2.75, 3.05) is 0 Å². The maximum absolute atomic E-state index is 10.8. The van der Waals surface area contributed by atoms with E-state index in [1.165, 1.54) is 6.07 Å². The van der Waals surface area contributed by atoms with Gasteiger partial charge in [-0.1, -0.05) is 39.1 Å². The lowest BCUT2D eigenvalue weighted by Crippen LogP contribution is -2.00. The number of halogens is 3.